The molecule has 0 bridgehead atoms. The Morgan fingerprint density at radius 3 is 2.30 bits per heavy atom. The second-order valence-electron chi connectivity index (χ2n) is 8.43. The SMILES string of the molecule is CC1CCC(Oc2ccc(S(C)(=O)=O)cc2-c2cn(C)c(=O)c3ccccc23)CC1. The Balaban J connectivity index is 1.90. The van der Waals surface area contributed by atoms with Crippen molar-refractivity contribution in [2.75, 3.05) is 6.26 Å². The van der Waals surface area contributed by atoms with Gasteiger partial charge in [0.2, 0.25) is 0 Å². The largest absolute Gasteiger partial charge is 0.490 e. The molecule has 6 heteroatoms. The van der Waals surface area contributed by atoms with Crippen LogP contribution in [0.2, 0.25) is 0 Å². The van der Waals surface area contributed by atoms with Crippen LogP contribution in [0.25, 0.3) is 21.9 Å². The molecule has 1 aliphatic rings. The zero-order valence-electron chi connectivity index (χ0n) is 17.6. The van der Waals surface area contributed by atoms with Crippen LogP contribution in [0.4, 0.5) is 0 Å². The van der Waals surface area contributed by atoms with E-state index >= 15 is 0 Å². The van der Waals surface area contributed by atoms with Gasteiger partial charge in [0.05, 0.1) is 11.0 Å². The van der Waals surface area contributed by atoms with Crippen molar-refractivity contribution >= 4 is 20.6 Å². The molecule has 0 saturated heterocycles. The molecule has 0 unspecified atom stereocenters. The summed E-state index contributed by atoms with van der Waals surface area (Å²) in [6.07, 6.45) is 7.32. The molecule has 0 spiro atoms. The highest BCUT2D eigenvalue weighted by atomic mass is 32.2. The van der Waals surface area contributed by atoms with Crippen LogP contribution in [-0.4, -0.2) is 25.3 Å². The molecule has 0 atom stereocenters. The van der Waals surface area contributed by atoms with Gasteiger partial charge in [0.15, 0.2) is 9.84 Å². The van der Waals surface area contributed by atoms with Gasteiger partial charge in [0, 0.05) is 36.0 Å². The number of rotatable bonds is 4. The lowest BCUT2D eigenvalue weighted by atomic mass is 9.89. The molecular formula is C24H27NO4S. The number of hydrogen-bond acceptors (Lipinski definition) is 4. The van der Waals surface area contributed by atoms with Crippen LogP contribution in [0.5, 0.6) is 5.75 Å². The van der Waals surface area contributed by atoms with Gasteiger partial charge in [-0.1, -0.05) is 25.1 Å². The third-order valence-electron chi connectivity index (χ3n) is 6.02. The van der Waals surface area contributed by atoms with Gasteiger partial charge in [-0.15, -0.1) is 0 Å². The average Bonchev–Trinajstić information content (AvgIpc) is 2.72. The highest BCUT2D eigenvalue weighted by Gasteiger charge is 2.23. The van der Waals surface area contributed by atoms with E-state index in [-0.39, 0.29) is 16.6 Å². The lowest BCUT2D eigenvalue weighted by molar-refractivity contribution is 0.136. The third kappa shape index (κ3) is 4.01. The van der Waals surface area contributed by atoms with Crippen LogP contribution < -0.4 is 10.3 Å². The van der Waals surface area contributed by atoms with Crippen LogP contribution in [0.1, 0.15) is 32.6 Å². The van der Waals surface area contributed by atoms with E-state index in [1.807, 2.05) is 18.2 Å². The number of nitrogens with zero attached hydrogens (tertiary/aromatic N) is 1. The third-order valence-corrected chi connectivity index (χ3v) is 7.13. The number of hydrogen-bond donors (Lipinski definition) is 0. The fourth-order valence-corrected chi connectivity index (χ4v) is 4.86. The maximum absolute atomic E-state index is 12.6. The minimum Gasteiger partial charge on any atom is -0.490 e. The topological polar surface area (TPSA) is 65.4 Å². The Labute approximate surface area is 177 Å². The van der Waals surface area contributed by atoms with E-state index in [1.165, 1.54) is 10.8 Å². The Morgan fingerprint density at radius 2 is 1.63 bits per heavy atom. The quantitative estimate of drug-likeness (QED) is 0.614. The van der Waals surface area contributed by atoms with E-state index < -0.39 is 9.84 Å². The molecule has 4 rings (SSSR count). The minimum atomic E-state index is -3.39. The molecule has 158 valence electrons. The molecule has 1 aliphatic carbocycles. The number of aryl methyl sites for hydroxylation is 1. The van der Waals surface area contributed by atoms with Crippen molar-refractivity contribution in [3.05, 3.63) is 59.0 Å². The molecule has 2 aromatic carbocycles. The number of aromatic nitrogens is 1. The molecule has 1 aromatic heterocycles. The van der Waals surface area contributed by atoms with Crippen molar-refractivity contribution in [1.82, 2.24) is 4.57 Å². The molecule has 5 nitrogen and oxygen atoms in total. The first kappa shape index (κ1) is 20.7. The van der Waals surface area contributed by atoms with Crippen molar-refractivity contribution in [2.45, 2.75) is 43.6 Å². The summed E-state index contributed by atoms with van der Waals surface area (Å²) in [7, 11) is -1.68. The number of fused-ring (bicyclic) bond motifs is 1. The van der Waals surface area contributed by atoms with Crippen molar-refractivity contribution < 1.29 is 13.2 Å². The van der Waals surface area contributed by atoms with Crippen LogP contribution in [0, 0.1) is 5.92 Å². The molecule has 1 heterocycles. The standard InChI is InChI=1S/C24H27NO4S/c1-16-8-10-17(11-9-16)29-23-13-12-18(30(3,27)28)14-21(23)22-15-25(2)24(26)20-7-5-4-6-19(20)22/h4-7,12-17H,8-11H2,1-3H3. The molecule has 0 radical (unpaired) electrons. The van der Waals surface area contributed by atoms with Crippen molar-refractivity contribution in [1.29, 1.82) is 0 Å². The van der Waals surface area contributed by atoms with Gasteiger partial charge in [0.25, 0.3) is 5.56 Å². The Hall–Kier alpha value is -2.60. The first-order valence-corrected chi connectivity index (χ1v) is 12.2. The molecule has 3 aromatic rings. The van der Waals surface area contributed by atoms with Crippen LogP contribution in [-0.2, 0) is 16.9 Å². The number of ether oxygens (including phenoxy) is 1. The van der Waals surface area contributed by atoms with E-state index in [4.69, 9.17) is 4.74 Å². The molecule has 1 saturated carbocycles. The van der Waals surface area contributed by atoms with Crippen LogP contribution in [0.3, 0.4) is 0 Å². The second kappa shape index (κ2) is 7.91. The minimum absolute atomic E-state index is 0.0858. The van der Waals surface area contributed by atoms with Gasteiger partial charge in [0.1, 0.15) is 5.75 Å². The zero-order valence-corrected chi connectivity index (χ0v) is 18.4. The molecule has 0 aliphatic heterocycles. The average molecular weight is 426 g/mol. The highest BCUT2D eigenvalue weighted by Crippen LogP contribution is 2.38. The van der Waals surface area contributed by atoms with Crippen molar-refractivity contribution in [3.8, 4) is 16.9 Å². The summed E-state index contributed by atoms with van der Waals surface area (Å²) in [5.41, 5.74) is 1.40. The Bertz CT molecular complexity index is 1250. The number of benzene rings is 2. The van der Waals surface area contributed by atoms with Gasteiger partial charge < -0.3 is 9.30 Å². The maximum atomic E-state index is 12.6. The highest BCUT2D eigenvalue weighted by molar-refractivity contribution is 7.90. The van der Waals surface area contributed by atoms with Crippen molar-refractivity contribution in [3.63, 3.8) is 0 Å². The monoisotopic (exact) mass is 425 g/mol. The summed E-state index contributed by atoms with van der Waals surface area (Å²) >= 11 is 0. The normalized spacial score (nSPS) is 19.7. The smallest absolute Gasteiger partial charge is 0.258 e. The summed E-state index contributed by atoms with van der Waals surface area (Å²) in [6.45, 7) is 2.26. The van der Waals surface area contributed by atoms with E-state index in [0.717, 1.165) is 36.6 Å². The molecule has 30 heavy (non-hydrogen) atoms. The second-order valence-corrected chi connectivity index (χ2v) is 10.5. The first-order valence-electron chi connectivity index (χ1n) is 10.3. The Morgan fingerprint density at radius 1 is 0.967 bits per heavy atom. The number of pyridine rings is 1. The van der Waals surface area contributed by atoms with Crippen molar-refractivity contribution in [2.24, 2.45) is 13.0 Å². The van der Waals surface area contributed by atoms with Gasteiger partial charge >= 0.3 is 0 Å². The van der Waals surface area contributed by atoms with Crippen LogP contribution >= 0.6 is 0 Å². The van der Waals surface area contributed by atoms with Gasteiger partial charge in [-0.3, -0.25) is 4.79 Å². The lowest BCUT2D eigenvalue weighted by Gasteiger charge is -2.28. The zero-order chi connectivity index (χ0) is 21.5. The summed E-state index contributed by atoms with van der Waals surface area (Å²) in [5, 5.41) is 1.38. The summed E-state index contributed by atoms with van der Waals surface area (Å²) in [4.78, 5) is 12.8. The fraction of sp³-hybridized carbons (Fsp3) is 0.375. The summed E-state index contributed by atoms with van der Waals surface area (Å²) in [5.74, 6) is 1.37. The maximum Gasteiger partial charge on any atom is 0.258 e. The Kier molecular flexibility index (Phi) is 5.45. The summed E-state index contributed by atoms with van der Waals surface area (Å²) < 4.78 is 32.4. The van der Waals surface area contributed by atoms with E-state index in [1.54, 1.807) is 37.5 Å². The van der Waals surface area contributed by atoms with Gasteiger partial charge in [-0.05, 0) is 61.3 Å². The molecule has 0 N–H and O–H groups in total. The van der Waals surface area contributed by atoms with Crippen LogP contribution in [0.15, 0.2) is 58.4 Å². The predicted molar refractivity (Wildman–Crippen MR) is 120 cm³/mol. The number of sulfone groups is 1. The molecule has 0 amide bonds. The van der Waals surface area contributed by atoms with E-state index in [9.17, 15) is 13.2 Å². The lowest BCUT2D eigenvalue weighted by Crippen LogP contribution is -2.23. The van der Waals surface area contributed by atoms with E-state index in [2.05, 4.69) is 6.92 Å². The summed E-state index contributed by atoms with van der Waals surface area (Å²) in [6, 6.07) is 12.4. The molecule has 1 fully saturated rings. The first-order chi connectivity index (χ1) is 14.2. The molecular weight excluding hydrogens is 398 g/mol. The fourth-order valence-electron chi connectivity index (χ4n) is 4.21. The van der Waals surface area contributed by atoms with Gasteiger partial charge in [-0.25, -0.2) is 8.42 Å². The van der Waals surface area contributed by atoms with E-state index in [0.29, 0.717) is 22.6 Å². The predicted octanol–water partition coefficient (Wildman–Crippen LogP) is 4.57. The van der Waals surface area contributed by atoms with Gasteiger partial charge in [-0.2, -0.15) is 0 Å².